The molecule has 0 aromatic carbocycles. The zero-order valence-corrected chi connectivity index (χ0v) is 14.9. The van der Waals surface area contributed by atoms with Crippen LogP contribution in [0.15, 0.2) is 36.8 Å². The van der Waals surface area contributed by atoms with Crippen molar-refractivity contribution >= 4 is 23.0 Å². The van der Waals surface area contributed by atoms with E-state index in [2.05, 4.69) is 9.97 Å². The van der Waals surface area contributed by atoms with Gasteiger partial charge in [0.05, 0.1) is 18.8 Å². The van der Waals surface area contributed by atoms with Crippen LogP contribution >= 0.6 is 11.6 Å². The van der Waals surface area contributed by atoms with Crippen molar-refractivity contribution in [3.8, 4) is 11.6 Å². The third-order valence-corrected chi connectivity index (χ3v) is 3.76. The van der Waals surface area contributed by atoms with Crippen LogP contribution in [0.4, 0.5) is 0 Å². The van der Waals surface area contributed by atoms with E-state index >= 15 is 0 Å². The summed E-state index contributed by atoms with van der Waals surface area (Å²) in [4.78, 5) is 21.0. The molecule has 0 atom stereocenters. The van der Waals surface area contributed by atoms with E-state index in [-0.39, 0.29) is 18.3 Å². The van der Waals surface area contributed by atoms with Gasteiger partial charge in [-0.1, -0.05) is 11.6 Å². The van der Waals surface area contributed by atoms with Crippen molar-refractivity contribution < 1.29 is 14.3 Å². The van der Waals surface area contributed by atoms with Crippen molar-refractivity contribution in [2.24, 2.45) is 0 Å². The van der Waals surface area contributed by atoms with Gasteiger partial charge in [0.1, 0.15) is 16.5 Å². The number of rotatable bonds is 6. The molecule has 0 spiro atoms. The van der Waals surface area contributed by atoms with Gasteiger partial charge in [-0.2, -0.15) is 0 Å². The van der Waals surface area contributed by atoms with E-state index in [0.717, 1.165) is 5.56 Å². The Kier molecular flexibility index (Phi) is 4.90. The highest BCUT2D eigenvalue weighted by Crippen LogP contribution is 2.26. The van der Waals surface area contributed by atoms with Gasteiger partial charge < -0.3 is 13.9 Å². The molecular weight excluding hydrogens is 342 g/mol. The minimum Gasteiger partial charge on any atom is -0.491 e. The van der Waals surface area contributed by atoms with E-state index in [4.69, 9.17) is 21.1 Å². The molecule has 3 aromatic heterocycles. The van der Waals surface area contributed by atoms with Gasteiger partial charge in [-0.3, -0.25) is 4.79 Å². The summed E-state index contributed by atoms with van der Waals surface area (Å²) in [5.74, 6) is 0.815. The Morgan fingerprint density at radius 1 is 1.36 bits per heavy atom. The number of aromatic nitrogens is 3. The van der Waals surface area contributed by atoms with Crippen LogP contribution in [0.2, 0.25) is 5.15 Å². The molecule has 0 saturated carbocycles. The first-order valence-electron chi connectivity index (χ1n) is 7.84. The molecule has 0 aliphatic carbocycles. The van der Waals surface area contributed by atoms with Crippen molar-refractivity contribution in [2.45, 2.75) is 26.4 Å². The Hall–Kier alpha value is -2.60. The summed E-state index contributed by atoms with van der Waals surface area (Å²) in [5, 5.41) is 0.382. The van der Waals surface area contributed by atoms with Crippen molar-refractivity contribution in [3.05, 3.63) is 53.1 Å². The fourth-order valence-electron chi connectivity index (χ4n) is 2.56. The fourth-order valence-corrected chi connectivity index (χ4v) is 2.75. The lowest BCUT2D eigenvalue weighted by atomic mass is 10.0. The molecule has 0 amide bonds. The Morgan fingerprint density at radius 3 is 2.88 bits per heavy atom. The molecule has 0 N–H and O–H groups in total. The predicted molar refractivity (Wildman–Crippen MR) is 94.8 cm³/mol. The van der Waals surface area contributed by atoms with Crippen LogP contribution in [0.1, 0.15) is 29.8 Å². The standard InChI is InChI=1S/C18H18ClN3O3/c1-11(2)25-15-8-17-21-16(19)10-22(17)9-12(15)7-14(23)13-5-4-6-20-18(13)24-3/h4-6,8-11H,7H2,1-3H3. The maximum absolute atomic E-state index is 12.7. The van der Waals surface area contributed by atoms with E-state index in [0.29, 0.717) is 28.0 Å². The molecular formula is C18H18ClN3O3. The molecule has 0 aliphatic heterocycles. The first-order valence-corrected chi connectivity index (χ1v) is 8.21. The highest BCUT2D eigenvalue weighted by atomic mass is 35.5. The number of halogens is 1. The van der Waals surface area contributed by atoms with Crippen molar-refractivity contribution in [1.82, 2.24) is 14.4 Å². The maximum Gasteiger partial charge on any atom is 0.224 e. The number of ether oxygens (including phenoxy) is 2. The Bertz CT molecular complexity index is 921. The number of hydrogen-bond donors (Lipinski definition) is 0. The SMILES string of the molecule is COc1ncccc1C(=O)Cc1cn2cc(Cl)nc2cc1OC(C)C. The zero-order valence-electron chi connectivity index (χ0n) is 14.2. The average Bonchev–Trinajstić information content (AvgIpc) is 2.93. The number of carbonyl (C=O) groups is 1. The van der Waals surface area contributed by atoms with E-state index < -0.39 is 0 Å². The minimum absolute atomic E-state index is 0.0327. The molecule has 0 fully saturated rings. The van der Waals surface area contributed by atoms with Crippen LogP contribution in [-0.2, 0) is 6.42 Å². The molecule has 25 heavy (non-hydrogen) atoms. The molecule has 6 nitrogen and oxygen atoms in total. The summed E-state index contributed by atoms with van der Waals surface area (Å²) >= 11 is 5.97. The first kappa shape index (κ1) is 17.2. The molecule has 0 radical (unpaired) electrons. The molecule has 0 saturated heterocycles. The van der Waals surface area contributed by atoms with Gasteiger partial charge in [0.2, 0.25) is 5.88 Å². The summed E-state index contributed by atoms with van der Waals surface area (Å²) < 4.78 is 12.8. The van der Waals surface area contributed by atoms with Gasteiger partial charge in [0, 0.05) is 36.6 Å². The third-order valence-electron chi connectivity index (χ3n) is 3.58. The van der Waals surface area contributed by atoms with Crippen molar-refractivity contribution in [3.63, 3.8) is 0 Å². The van der Waals surface area contributed by atoms with E-state index in [1.807, 2.05) is 20.0 Å². The second-order valence-electron chi connectivity index (χ2n) is 5.82. The summed E-state index contributed by atoms with van der Waals surface area (Å²) in [6, 6.07) is 5.19. The van der Waals surface area contributed by atoms with Gasteiger partial charge >= 0.3 is 0 Å². The minimum atomic E-state index is -0.107. The number of ketones is 1. The number of pyridine rings is 2. The normalized spacial score (nSPS) is 11.1. The van der Waals surface area contributed by atoms with Gasteiger partial charge in [0.15, 0.2) is 5.78 Å². The lowest BCUT2D eigenvalue weighted by Gasteiger charge is -2.15. The number of imidazole rings is 1. The van der Waals surface area contributed by atoms with Crippen LogP contribution in [0.5, 0.6) is 11.6 Å². The highest BCUT2D eigenvalue weighted by Gasteiger charge is 2.18. The molecule has 3 heterocycles. The van der Waals surface area contributed by atoms with Crippen LogP contribution in [0.25, 0.3) is 5.65 Å². The van der Waals surface area contributed by atoms with Crippen LogP contribution in [0, 0.1) is 0 Å². The van der Waals surface area contributed by atoms with Gasteiger partial charge in [-0.05, 0) is 26.0 Å². The summed E-state index contributed by atoms with van der Waals surface area (Å²) in [6.07, 6.45) is 5.20. The van der Waals surface area contributed by atoms with Crippen LogP contribution in [0.3, 0.4) is 0 Å². The summed E-state index contributed by atoms with van der Waals surface area (Å²) in [6.45, 7) is 3.86. The second-order valence-corrected chi connectivity index (χ2v) is 6.21. The van der Waals surface area contributed by atoms with Gasteiger partial charge in [0.25, 0.3) is 0 Å². The molecule has 3 rings (SSSR count). The van der Waals surface area contributed by atoms with Crippen LogP contribution in [-0.4, -0.2) is 33.4 Å². The fraction of sp³-hybridized carbons (Fsp3) is 0.278. The van der Waals surface area contributed by atoms with Crippen molar-refractivity contribution in [2.75, 3.05) is 7.11 Å². The third kappa shape index (κ3) is 3.74. The van der Waals surface area contributed by atoms with Gasteiger partial charge in [-0.15, -0.1) is 0 Å². The number of carbonyl (C=O) groups excluding carboxylic acids is 1. The smallest absolute Gasteiger partial charge is 0.224 e. The molecule has 3 aromatic rings. The topological polar surface area (TPSA) is 65.7 Å². The lowest BCUT2D eigenvalue weighted by molar-refractivity contribution is 0.0987. The zero-order chi connectivity index (χ0) is 18.0. The molecule has 130 valence electrons. The number of methoxy groups -OCH3 is 1. The highest BCUT2D eigenvalue weighted by molar-refractivity contribution is 6.29. The number of fused-ring (bicyclic) bond motifs is 1. The summed E-state index contributed by atoms with van der Waals surface area (Å²) in [7, 11) is 1.49. The Labute approximate surface area is 150 Å². The van der Waals surface area contributed by atoms with E-state index in [9.17, 15) is 4.79 Å². The van der Waals surface area contributed by atoms with Gasteiger partial charge in [-0.25, -0.2) is 9.97 Å². The average molecular weight is 360 g/mol. The second kappa shape index (κ2) is 7.11. The van der Waals surface area contributed by atoms with E-state index in [1.165, 1.54) is 7.11 Å². The Morgan fingerprint density at radius 2 is 2.16 bits per heavy atom. The maximum atomic E-state index is 12.7. The summed E-state index contributed by atoms with van der Waals surface area (Å²) in [5.41, 5.74) is 1.84. The predicted octanol–water partition coefficient (Wildman–Crippen LogP) is 3.60. The molecule has 7 heteroatoms. The number of nitrogens with zero attached hydrogens (tertiary/aromatic N) is 3. The van der Waals surface area contributed by atoms with E-state index in [1.54, 1.807) is 35.0 Å². The molecule has 0 unspecified atom stereocenters. The molecule has 0 aliphatic rings. The Balaban J connectivity index is 1.99. The monoisotopic (exact) mass is 359 g/mol. The molecule has 0 bridgehead atoms. The number of hydrogen-bond acceptors (Lipinski definition) is 5. The first-order chi connectivity index (χ1) is 12.0. The quantitative estimate of drug-likeness (QED) is 0.629. The largest absolute Gasteiger partial charge is 0.491 e. The van der Waals surface area contributed by atoms with Crippen LogP contribution < -0.4 is 9.47 Å². The number of Topliss-reactive ketones (excluding diaryl/α,β-unsaturated/α-hetero) is 1. The van der Waals surface area contributed by atoms with Crippen molar-refractivity contribution in [1.29, 1.82) is 0 Å². The lowest BCUT2D eigenvalue weighted by Crippen LogP contribution is -2.12.